The maximum Gasteiger partial charge on any atom is 0.0975 e. The molecule has 1 saturated heterocycles. The summed E-state index contributed by atoms with van der Waals surface area (Å²) in [6, 6.07) is 9.33. The summed E-state index contributed by atoms with van der Waals surface area (Å²) in [5.74, 6) is 0.645. The van der Waals surface area contributed by atoms with Gasteiger partial charge in [0.05, 0.1) is 12.7 Å². The fraction of sp³-hybridized carbons (Fsp3) is 0.600. The first-order chi connectivity index (χ1) is 8.22. The molecular formula is C15H23NO. The van der Waals surface area contributed by atoms with Crippen molar-refractivity contribution in [3.63, 3.8) is 0 Å². The summed E-state index contributed by atoms with van der Waals surface area (Å²) in [4.78, 5) is 0. The zero-order valence-electron chi connectivity index (χ0n) is 11.1. The van der Waals surface area contributed by atoms with Crippen molar-refractivity contribution in [2.24, 2.45) is 0 Å². The monoisotopic (exact) mass is 233 g/mol. The lowest BCUT2D eigenvalue weighted by Gasteiger charge is -2.30. The summed E-state index contributed by atoms with van der Waals surface area (Å²) in [7, 11) is 0. The molecule has 0 spiro atoms. The van der Waals surface area contributed by atoms with E-state index in [0.29, 0.717) is 12.0 Å². The second-order valence-corrected chi connectivity index (χ2v) is 5.01. The van der Waals surface area contributed by atoms with Crippen molar-refractivity contribution >= 4 is 0 Å². The van der Waals surface area contributed by atoms with Crippen molar-refractivity contribution in [2.45, 2.75) is 45.3 Å². The van der Waals surface area contributed by atoms with E-state index >= 15 is 0 Å². The van der Waals surface area contributed by atoms with Gasteiger partial charge in [-0.3, -0.25) is 0 Å². The Morgan fingerprint density at radius 1 is 1.35 bits per heavy atom. The van der Waals surface area contributed by atoms with E-state index in [-0.39, 0.29) is 6.10 Å². The van der Waals surface area contributed by atoms with Crippen LogP contribution in [-0.4, -0.2) is 19.2 Å². The number of nitrogens with one attached hydrogen (secondary N) is 1. The highest BCUT2D eigenvalue weighted by atomic mass is 16.5. The Kier molecular flexibility index (Phi) is 4.19. The van der Waals surface area contributed by atoms with Gasteiger partial charge in [0.1, 0.15) is 0 Å². The molecule has 0 radical (unpaired) electrons. The molecule has 1 aliphatic heterocycles. The van der Waals surface area contributed by atoms with Crippen LogP contribution in [0.2, 0.25) is 0 Å². The van der Waals surface area contributed by atoms with Gasteiger partial charge in [0, 0.05) is 12.6 Å². The fourth-order valence-electron chi connectivity index (χ4n) is 2.36. The van der Waals surface area contributed by atoms with E-state index < -0.39 is 0 Å². The van der Waals surface area contributed by atoms with E-state index in [4.69, 9.17) is 4.74 Å². The predicted octanol–water partition coefficient (Wildman–Crippen LogP) is 3.25. The third-order valence-corrected chi connectivity index (χ3v) is 3.77. The van der Waals surface area contributed by atoms with Crippen LogP contribution in [-0.2, 0) is 4.74 Å². The predicted molar refractivity (Wildman–Crippen MR) is 71.3 cm³/mol. The van der Waals surface area contributed by atoms with Gasteiger partial charge < -0.3 is 10.1 Å². The summed E-state index contributed by atoms with van der Waals surface area (Å²) >= 11 is 0. The summed E-state index contributed by atoms with van der Waals surface area (Å²) in [6.07, 6.45) is 1.40. The minimum absolute atomic E-state index is 0.203. The van der Waals surface area contributed by atoms with Gasteiger partial charge in [0.2, 0.25) is 0 Å². The van der Waals surface area contributed by atoms with Crippen LogP contribution in [0.3, 0.4) is 0 Å². The molecule has 94 valence electrons. The number of ether oxygens (including phenoxy) is 1. The molecule has 0 aromatic heterocycles. The Morgan fingerprint density at radius 2 is 2.06 bits per heavy atom. The van der Waals surface area contributed by atoms with Gasteiger partial charge in [-0.25, -0.2) is 0 Å². The van der Waals surface area contributed by atoms with Crippen LogP contribution in [0.15, 0.2) is 24.3 Å². The first kappa shape index (κ1) is 12.6. The normalized spacial score (nSPS) is 26.8. The average Bonchev–Trinajstić information content (AvgIpc) is 2.39. The second kappa shape index (κ2) is 5.65. The zero-order valence-corrected chi connectivity index (χ0v) is 11.1. The highest BCUT2D eigenvalue weighted by molar-refractivity contribution is 5.27. The SMILES string of the molecule is CCC(C)c1ccc(C2OCCNC2C)cc1. The van der Waals surface area contributed by atoms with E-state index in [9.17, 15) is 0 Å². The first-order valence-electron chi connectivity index (χ1n) is 6.67. The summed E-state index contributed by atoms with van der Waals surface area (Å²) < 4.78 is 5.84. The summed E-state index contributed by atoms with van der Waals surface area (Å²) in [6.45, 7) is 8.46. The van der Waals surface area contributed by atoms with E-state index in [0.717, 1.165) is 13.2 Å². The third kappa shape index (κ3) is 2.88. The molecule has 0 aliphatic carbocycles. The van der Waals surface area contributed by atoms with E-state index in [1.54, 1.807) is 0 Å². The van der Waals surface area contributed by atoms with Crippen molar-refractivity contribution in [2.75, 3.05) is 13.2 Å². The molecule has 1 aliphatic rings. The molecule has 2 rings (SSSR count). The van der Waals surface area contributed by atoms with Crippen molar-refractivity contribution in [3.8, 4) is 0 Å². The molecule has 17 heavy (non-hydrogen) atoms. The van der Waals surface area contributed by atoms with E-state index in [1.807, 2.05) is 0 Å². The van der Waals surface area contributed by atoms with Crippen LogP contribution in [0.25, 0.3) is 0 Å². The minimum atomic E-state index is 0.203. The van der Waals surface area contributed by atoms with Gasteiger partial charge in [-0.05, 0) is 30.4 Å². The average molecular weight is 233 g/mol. The molecular weight excluding hydrogens is 210 g/mol. The van der Waals surface area contributed by atoms with Crippen LogP contribution < -0.4 is 5.32 Å². The van der Waals surface area contributed by atoms with Crippen molar-refractivity contribution in [1.82, 2.24) is 5.32 Å². The number of benzene rings is 1. The summed E-state index contributed by atoms with van der Waals surface area (Å²) in [5, 5.41) is 3.45. The fourth-order valence-corrected chi connectivity index (χ4v) is 2.36. The van der Waals surface area contributed by atoms with Crippen LogP contribution in [0.1, 0.15) is 50.3 Å². The number of hydrogen-bond acceptors (Lipinski definition) is 2. The minimum Gasteiger partial charge on any atom is -0.371 e. The molecule has 1 fully saturated rings. The summed E-state index contributed by atoms with van der Waals surface area (Å²) in [5.41, 5.74) is 2.71. The Bertz CT molecular complexity index is 346. The van der Waals surface area contributed by atoms with Gasteiger partial charge in [-0.15, -0.1) is 0 Å². The molecule has 3 unspecified atom stereocenters. The third-order valence-electron chi connectivity index (χ3n) is 3.77. The number of rotatable bonds is 3. The quantitative estimate of drug-likeness (QED) is 0.865. The van der Waals surface area contributed by atoms with E-state index in [1.165, 1.54) is 17.5 Å². The molecule has 1 heterocycles. The van der Waals surface area contributed by atoms with Gasteiger partial charge in [0.25, 0.3) is 0 Å². The van der Waals surface area contributed by atoms with Crippen molar-refractivity contribution in [1.29, 1.82) is 0 Å². The van der Waals surface area contributed by atoms with Crippen molar-refractivity contribution in [3.05, 3.63) is 35.4 Å². The van der Waals surface area contributed by atoms with Crippen LogP contribution in [0.4, 0.5) is 0 Å². The molecule has 0 bridgehead atoms. The zero-order chi connectivity index (χ0) is 12.3. The highest BCUT2D eigenvalue weighted by Gasteiger charge is 2.23. The molecule has 0 amide bonds. The molecule has 1 aromatic rings. The largest absolute Gasteiger partial charge is 0.371 e. The van der Waals surface area contributed by atoms with E-state index in [2.05, 4.69) is 50.4 Å². The first-order valence-corrected chi connectivity index (χ1v) is 6.67. The molecule has 2 nitrogen and oxygen atoms in total. The second-order valence-electron chi connectivity index (χ2n) is 5.01. The van der Waals surface area contributed by atoms with Gasteiger partial charge in [-0.1, -0.05) is 38.1 Å². The number of morpholine rings is 1. The maximum absolute atomic E-state index is 5.84. The van der Waals surface area contributed by atoms with Crippen LogP contribution >= 0.6 is 0 Å². The van der Waals surface area contributed by atoms with Crippen LogP contribution in [0, 0.1) is 0 Å². The van der Waals surface area contributed by atoms with Gasteiger partial charge in [0.15, 0.2) is 0 Å². The molecule has 2 heteroatoms. The molecule has 1 N–H and O–H groups in total. The lowest BCUT2D eigenvalue weighted by atomic mass is 9.95. The smallest absolute Gasteiger partial charge is 0.0975 e. The molecule has 0 saturated carbocycles. The van der Waals surface area contributed by atoms with Gasteiger partial charge >= 0.3 is 0 Å². The topological polar surface area (TPSA) is 21.3 Å². The standard InChI is InChI=1S/C15H23NO/c1-4-11(2)13-5-7-14(8-6-13)15-12(3)16-9-10-17-15/h5-8,11-12,15-16H,4,9-10H2,1-3H3. The molecule has 1 aromatic carbocycles. The van der Waals surface area contributed by atoms with Crippen LogP contribution in [0.5, 0.6) is 0 Å². The molecule has 3 atom stereocenters. The van der Waals surface area contributed by atoms with Gasteiger partial charge in [-0.2, -0.15) is 0 Å². The number of hydrogen-bond donors (Lipinski definition) is 1. The lowest BCUT2D eigenvalue weighted by Crippen LogP contribution is -2.41. The maximum atomic E-state index is 5.84. The van der Waals surface area contributed by atoms with Crippen molar-refractivity contribution < 1.29 is 4.74 Å². The highest BCUT2D eigenvalue weighted by Crippen LogP contribution is 2.26. The Labute approximate surface area is 104 Å². The lowest BCUT2D eigenvalue weighted by molar-refractivity contribution is -0.000233. The Morgan fingerprint density at radius 3 is 2.65 bits per heavy atom. The Hall–Kier alpha value is -0.860. The Balaban J connectivity index is 2.11.